The molecule has 0 saturated heterocycles. The number of H-pyrrole nitrogens is 1. The predicted molar refractivity (Wildman–Crippen MR) is 68.5 cm³/mol. The normalized spacial score (nSPS) is 24.5. The molecule has 2 nitrogen and oxygen atoms in total. The number of benzene rings is 1. The van der Waals surface area contributed by atoms with Crippen molar-refractivity contribution in [3.05, 3.63) is 57.5 Å². The van der Waals surface area contributed by atoms with Gasteiger partial charge in [0, 0.05) is 22.9 Å². The summed E-state index contributed by atoms with van der Waals surface area (Å²) >= 11 is 0. The van der Waals surface area contributed by atoms with Gasteiger partial charge in [0.1, 0.15) is 0 Å². The number of nitrogens with one attached hydrogen (secondary N) is 1. The van der Waals surface area contributed by atoms with Crippen LogP contribution < -0.4 is 5.56 Å². The maximum atomic E-state index is 12.0. The zero-order chi connectivity index (χ0) is 11.6. The van der Waals surface area contributed by atoms with Gasteiger partial charge < -0.3 is 4.98 Å². The average molecular weight is 223 g/mol. The third kappa shape index (κ3) is 1.08. The Kier molecular flexibility index (Phi) is 1.57. The van der Waals surface area contributed by atoms with Crippen molar-refractivity contribution < 1.29 is 0 Å². The number of hydrogen-bond acceptors (Lipinski definition) is 1. The molecule has 1 heterocycles. The first-order valence-electron chi connectivity index (χ1n) is 6.09. The van der Waals surface area contributed by atoms with E-state index in [0.29, 0.717) is 11.8 Å². The Balaban J connectivity index is 2.20. The first-order valence-corrected chi connectivity index (χ1v) is 6.09. The maximum Gasteiger partial charge on any atom is 0.256 e. The first kappa shape index (κ1) is 9.23. The molecule has 2 aliphatic rings. The van der Waals surface area contributed by atoms with Gasteiger partial charge in [0.2, 0.25) is 0 Å². The summed E-state index contributed by atoms with van der Waals surface area (Å²) in [5.74, 6) is 0.948. The topological polar surface area (TPSA) is 32.9 Å². The third-order valence-corrected chi connectivity index (χ3v) is 4.07. The lowest BCUT2D eigenvalue weighted by molar-refractivity contribution is 0.795. The van der Waals surface area contributed by atoms with E-state index in [9.17, 15) is 4.79 Å². The fourth-order valence-electron chi connectivity index (χ4n) is 3.30. The highest BCUT2D eigenvalue weighted by Crippen LogP contribution is 2.49. The van der Waals surface area contributed by atoms with Crippen molar-refractivity contribution in [2.24, 2.45) is 0 Å². The summed E-state index contributed by atoms with van der Waals surface area (Å²) < 4.78 is 0. The number of allylic oxidation sites excluding steroid dienone is 2. The summed E-state index contributed by atoms with van der Waals surface area (Å²) in [6.45, 7) is 2.08. The second kappa shape index (κ2) is 2.89. The summed E-state index contributed by atoms with van der Waals surface area (Å²) in [6.07, 6.45) is 5.65. The molecule has 0 spiro atoms. The van der Waals surface area contributed by atoms with E-state index in [1.165, 1.54) is 11.1 Å². The molecule has 84 valence electrons. The van der Waals surface area contributed by atoms with E-state index in [0.717, 1.165) is 22.9 Å². The Bertz CT molecular complexity index is 724. The van der Waals surface area contributed by atoms with Gasteiger partial charge in [-0.1, -0.05) is 29.8 Å². The molecule has 1 N–H and O–H groups in total. The van der Waals surface area contributed by atoms with Crippen LogP contribution in [0.5, 0.6) is 0 Å². The minimum absolute atomic E-state index is 0.0553. The summed E-state index contributed by atoms with van der Waals surface area (Å²) in [4.78, 5) is 15.1. The van der Waals surface area contributed by atoms with E-state index in [1.807, 2.05) is 12.1 Å². The molecular weight excluding hydrogens is 210 g/mol. The molecule has 2 aliphatic carbocycles. The van der Waals surface area contributed by atoms with Gasteiger partial charge in [-0.2, -0.15) is 0 Å². The standard InChI is InChI=1S/C15H13NO/c1-8-2-5-11-12(6-8)13-9-3-4-10(7-9)14(13)16-15(11)17/h2-6,9-10H,7H2,1H3,(H,16,17). The van der Waals surface area contributed by atoms with Gasteiger partial charge in [0.05, 0.1) is 0 Å². The van der Waals surface area contributed by atoms with E-state index < -0.39 is 0 Å². The highest BCUT2D eigenvalue weighted by Gasteiger charge is 2.35. The fraction of sp³-hybridized carbons (Fsp3) is 0.267. The Morgan fingerprint density at radius 1 is 1.18 bits per heavy atom. The molecule has 2 heteroatoms. The van der Waals surface area contributed by atoms with E-state index >= 15 is 0 Å². The molecule has 2 atom stereocenters. The molecule has 0 amide bonds. The average Bonchev–Trinajstić information content (AvgIpc) is 2.89. The van der Waals surface area contributed by atoms with Crippen molar-refractivity contribution in [1.82, 2.24) is 4.98 Å². The number of hydrogen-bond donors (Lipinski definition) is 1. The zero-order valence-corrected chi connectivity index (χ0v) is 9.66. The van der Waals surface area contributed by atoms with Crippen molar-refractivity contribution in [2.45, 2.75) is 25.2 Å². The SMILES string of the molecule is Cc1ccc2c(=O)[nH]c3c(c2c1)C1C=CC3C1. The van der Waals surface area contributed by atoms with Crippen LogP contribution in [0.15, 0.2) is 35.1 Å². The second-order valence-corrected chi connectivity index (χ2v) is 5.16. The van der Waals surface area contributed by atoms with Gasteiger partial charge in [-0.3, -0.25) is 4.79 Å². The summed E-state index contributed by atoms with van der Waals surface area (Å²) in [7, 11) is 0. The minimum Gasteiger partial charge on any atom is -0.325 e. The number of rotatable bonds is 0. The monoisotopic (exact) mass is 223 g/mol. The van der Waals surface area contributed by atoms with Crippen molar-refractivity contribution in [1.29, 1.82) is 0 Å². The molecular formula is C15H13NO. The Labute approximate surface area is 99.0 Å². The second-order valence-electron chi connectivity index (χ2n) is 5.16. The quantitative estimate of drug-likeness (QED) is 0.684. The lowest BCUT2D eigenvalue weighted by Crippen LogP contribution is -2.12. The van der Waals surface area contributed by atoms with E-state index in [4.69, 9.17) is 0 Å². The van der Waals surface area contributed by atoms with Gasteiger partial charge in [-0.05, 0) is 30.4 Å². The lowest BCUT2D eigenvalue weighted by atomic mass is 9.95. The van der Waals surface area contributed by atoms with Crippen molar-refractivity contribution in [3.63, 3.8) is 0 Å². The van der Waals surface area contributed by atoms with Crippen LogP contribution in [-0.2, 0) is 0 Å². The van der Waals surface area contributed by atoms with Crippen LogP contribution >= 0.6 is 0 Å². The highest BCUT2D eigenvalue weighted by molar-refractivity contribution is 5.88. The summed E-state index contributed by atoms with van der Waals surface area (Å²) in [5, 5.41) is 1.98. The van der Waals surface area contributed by atoms with Crippen LogP contribution in [-0.4, -0.2) is 4.98 Å². The van der Waals surface area contributed by atoms with Crippen LogP contribution in [0.2, 0.25) is 0 Å². The predicted octanol–water partition coefficient (Wildman–Crippen LogP) is 2.98. The van der Waals surface area contributed by atoms with Gasteiger partial charge in [0.15, 0.2) is 0 Å². The maximum absolute atomic E-state index is 12.0. The smallest absolute Gasteiger partial charge is 0.256 e. The number of fused-ring (bicyclic) bond motifs is 7. The van der Waals surface area contributed by atoms with E-state index in [1.54, 1.807) is 0 Å². The van der Waals surface area contributed by atoms with Crippen LogP contribution in [0.3, 0.4) is 0 Å². The van der Waals surface area contributed by atoms with Crippen LogP contribution in [0, 0.1) is 6.92 Å². The Morgan fingerprint density at radius 2 is 2.00 bits per heavy atom. The largest absolute Gasteiger partial charge is 0.325 e. The lowest BCUT2D eigenvalue weighted by Gasteiger charge is -2.13. The van der Waals surface area contributed by atoms with Crippen LogP contribution in [0.4, 0.5) is 0 Å². The van der Waals surface area contributed by atoms with Crippen molar-refractivity contribution >= 4 is 10.8 Å². The van der Waals surface area contributed by atoms with E-state index in [-0.39, 0.29) is 5.56 Å². The Morgan fingerprint density at radius 3 is 2.88 bits per heavy atom. The number of aromatic nitrogens is 1. The van der Waals surface area contributed by atoms with Crippen LogP contribution in [0.1, 0.15) is 35.1 Å². The number of aryl methyl sites for hydroxylation is 1. The third-order valence-electron chi connectivity index (χ3n) is 4.07. The molecule has 4 rings (SSSR count). The van der Waals surface area contributed by atoms with Gasteiger partial charge in [-0.25, -0.2) is 0 Å². The molecule has 0 radical (unpaired) electrons. The number of pyridine rings is 1. The summed E-state index contributed by atoms with van der Waals surface area (Å²) in [6, 6.07) is 6.10. The molecule has 1 aromatic carbocycles. The number of aromatic amines is 1. The fourth-order valence-corrected chi connectivity index (χ4v) is 3.30. The molecule has 1 aromatic heterocycles. The van der Waals surface area contributed by atoms with Crippen molar-refractivity contribution in [2.75, 3.05) is 0 Å². The summed E-state index contributed by atoms with van der Waals surface area (Å²) in [5.41, 5.74) is 3.79. The molecule has 0 aliphatic heterocycles. The highest BCUT2D eigenvalue weighted by atomic mass is 16.1. The zero-order valence-electron chi connectivity index (χ0n) is 9.66. The molecule has 0 saturated carbocycles. The Hall–Kier alpha value is -1.83. The van der Waals surface area contributed by atoms with Crippen LogP contribution in [0.25, 0.3) is 10.8 Å². The minimum atomic E-state index is 0.0553. The molecule has 17 heavy (non-hydrogen) atoms. The van der Waals surface area contributed by atoms with Crippen molar-refractivity contribution in [3.8, 4) is 0 Å². The van der Waals surface area contributed by atoms with E-state index in [2.05, 4.69) is 30.1 Å². The molecule has 2 bridgehead atoms. The molecule has 2 unspecified atom stereocenters. The van der Waals surface area contributed by atoms with Gasteiger partial charge >= 0.3 is 0 Å². The van der Waals surface area contributed by atoms with Gasteiger partial charge in [0.25, 0.3) is 5.56 Å². The first-order chi connectivity index (χ1) is 8.24. The van der Waals surface area contributed by atoms with Gasteiger partial charge in [-0.15, -0.1) is 0 Å². The molecule has 2 aromatic rings. The molecule has 0 fully saturated rings.